The summed E-state index contributed by atoms with van der Waals surface area (Å²) in [5.41, 5.74) is 9.05. The molecule has 1 heterocycles. The van der Waals surface area contributed by atoms with Crippen LogP contribution in [0.5, 0.6) is 0 Å². The Hall–Kier alpha value is -1.71. The van der Waals surface area contributed by atoms with Crippen LogP contribution in [0.1, 0.15) is 5.56 Å². The molecular formula is C16H13ClN2S. The Balaban J connectivity index is 1.88. The molecule has 20 heavy (non-hydrogen) atoms. The molecule has 0 atom stereocenters. The number of benzene rings is 2. The molecule has 0 aliphatic carbocycles. The van der Waals surface area contributed by atoms with Crippen LogP contribution in [0.2, 0.25) is 5.02 Å². The Morgan fingerprint density at radius 2 is 1.90 bits per heavy atom. The van der Waals surface area contributed by atoms with E-state index in [-0.39, 0.29) is 0 Å². The molecule has 2 aromatic carbocycles. The van der Waals surface area contributed by atoms with Gasteiger partial charge in [-0.15, -0.1) is 11.8 Å². The summed E-state index contributed by atoms with van der Waals surface area (Å²) in [5, 5.41) is 1.79. The maximum atomic E-state index is 6.23. The van der Waals surface area contributed by atoms with Crippen molar-refractivity contribution in [2.75, 3.05) is 5.73 Å². The zero-order chi connectivity index (χ0) is 13.9. The molecule has 2 N–H and O–H groups in total. The van der Waals surface area contributed by atoms with E-state index in [1.165, 1.54) is 0 Å². The molecule has 3 aromatic rings. The number of anilines is 1. The van der Waals surface area contributed by atoms with Gasteiger partial charge in [0.15, 0.2) is 0 Å². The highest BCUT2D eigenvalue weighted by molar-refractivity contribution is 7.98. The first-order valence-electron chi connectivity index (χ1n) is 6.25. The lowest BCUT2D eigenvalue weighted by Crippen LogP contribution is -1.92. The summed E-state index contributed by atoms with van der Waals surface area (Å²) >= 11 is 7.86. The summed E-state index contributed by atoms with van der Waals surface area (Å²) in [6, 6.07) is 15.8. The van der Waals surface area contributed by atoms with Gasteiger partial charge in [0.2, 0.25) is 0 Å². The summed E-state index contributed by atoms with van der Waals surface area (Å²) in [4.78, 5) is 5.37. The topological polar surface area (TPSA) is 38.9 Å². The monoisotopic (exact) mass is 300 g/mol. The van der Waals surface area contributed by atoms with Gasteiger partial charge >= 0.3 is 0 Å². The van der Waals surface area contributed by atoms with Crippen molar-refractivity contribution in [3.05, 3.63) is 65.3 Å². The van der Waals surface area contributed by atoms with Crippen molar-refractivity contribution in [1.29, 1.82) is 0 Å². The highest BCUT2D eigenvalue weighted by Gasteiger charge is 2.07. The summed E-state index contributed by atoms with van der Waals surface area (Å²) in [6.07, 6.45) is 1.78. The van der Waals surface area contributed by atoms with Gasteiger partial charge in [-0.05, 0) is 35.9 Å². The summed E-state index contributed by atoms with van der Waals surface area (Å²) < 4.78 is 0. The van der Waals surface area contributed by atoms with Gasteiger partial charge in [-0.1, -0.05) is 29.8 Å². The number of thioether (sulfide) groups is 1. The van der Waals surface area contributed by atoms with Crippen LogP contribution in [0, 0.1) is 0 Å². The molecule has 0 bridgehead atoms. The summed E-state index contributed by atoms with van der Waals surface area (Å²) in [6.45, 7) is 0. The van der Waals surface area contributed by atoms with Gasteiger partial charge in [0, 0.05) is 27.3 Å². The van der Waals surface area contributed by atoms with E-state index in [2.05, 4.69) is 4.98 Å². The van der Waals surface area contributed by atoms with Gasteiger partial charge in [-0.2, -0.15) is 0 Å². The molecule has 100 valence electrons. The summed E-state index contributed by atoms with van der Waals surface area (Å²) in [7, 11) is 0. The number of aromatic nitrogens is 1. The lowest BCUT2D eigenvalue weighted by atomic mass is 10.2. The molecule has 4 heteroatoms. The second-order valence-electron chi connectivity index (χ2n) is 4.43. The van der Waals surface area contributed by atoms with Crippen LogP contribution in [0.3, 0.4) is 0 Å². The number of rotatable bonds is 3. The third-order valence-electron chi connectivity index (χ3n) is 3.13. The molecule has 0 saturated carbocycles. The predicted octanol–water partition coefficient (Wildman–Crippen LogP) is 4.76. The van der Waals surface area contributed by atoms with Gasteiger partial charge in [-0.25, -0.2) is 0 Å². The van der Waals surface area contributed by atoms with Gasteiger partial charge < -0.3 is 5.73 Å². The van der Waals surface area contributed by atoms with Crippen molar-refractivity contribution in [2.45, 2.75) is 10.6 Å². The van der Waals surface area contributed by atoms with Crippen molar-refractivity contribution in [3.63, 3.8) is 0 Å². The number of hydrogen-bond donors (Lipinski definition) is 1. The largest absolute Gasteiger partial charge is 0.397 e. The summed E-state index contributed by atoms with van der Waals surface area (Å²) in [5.74, 6) is 0.801. The van der Waals surface area contributed by atoms with Crippen molar-refractivity contribution >= 4 is 40.0 Å². The first kappa shape index (κ1) is 13.3. The van der Waals surface area contributed by atoms with Crippen LogP contribution in [0.15, 0.2) is 59.6 Å². The minimum absolute atomic E-state index is 0.785. The standard InChI is InChI=1S/C16H13ClN2S/c17-13-6-2-1-4-11(13)10-20-15-8-7-14-12(16(15)18)5-3-9-19-14/h1-9H,10,18H2. The maximum Gasteiger partial charge on any atom is 0.0723 e. The molecule has 0 spiro atoms. The average molecular weight is 301 g/mol. The Morgan fingerprint density at radius 1 is 1.05 bits per heavy atom. The van der Waals surface area contributed by atoms with Gasteiger partial charge in [0.25, 0.3) is 0 Å². The van der Waals surface area contributed by atoms with Crippen LogP contribution in [0.25, 0.3) is 10.9 Å². The fraction of sp³-hybridized carbons (Fsp3) is 0.0625. The average Bonchev–Trinajstić information content (AvgIpc) is 2.48. The van der Waals surface area contributed by atoms with Crippen molar-refractivity contribution in [1.82, 2.24) is 4.98 Å². The second-order valence-corrected chi connectivity index (χ2v) is 5.85. The van der Waals surface area contributed by atoms with E-state index < -0.39 is 0 Å². The highest BCUT2D eigenvalue weighted by Crippen LogP contribution is 2.34. The first-order valence-corrected chi connectivity index (χ1v) is 7.61. The van der Waals surface area contributed by atoms with Crippen molar-refractivity contribution < 1.29 is 0 Å². The number of nitrogen functional groups attached to an aromatic ring is 1. The molecule has 2 nitrogen and oxygen atoms in total. The van der Waals surface area contributed by atoms with E-state index in [9.17, 15) is 0 Å². The number of hydrogen-bond acceptors (Lipinski definition) is 3. The van der Waals surface area contributed by atoms with Crippen LogP contribution in [-0.4, -0.2) is 4.98 Å². The van der Waals surface area contributed by atoms with E-state index >= 15 is 0 Å². The SMILES string of the molecule is Nc1c(SCc2ccccc2Cl)ccc2ncccc12. The zero-order valence-electron chi connectivity index (χ0n) is 10.7. The molecule has 0 radical (unpaired) electrons. The quantitative estimate of drug-likeness (QED) is 0.560. The molecule has 0 amide bonds. The molecule has 0 fully saturated rings. The number of nitrogens with two attached hydrogens (primary N) is 1. The van der Waals surface area contributed by atoms with Crippen LogP contribution in [-0.2, 0) is 5.75 Å². The van der Waals surface area contributed by atoms with Crippen molar-refractivity contribution in [3.8, 4) is 0 Å². The Morgan fingerprint density at radius 3 is 2.75 bits per heavy atom. The normalized spacial score (nSPS) is 10.8. The number of halogens is 1. The van der Waals surface area contributed by atoms with Crippen LogP contribution in [0.4, 0.5) is 5.69 Å². The van der Waals surface area contributed by atoms with Crippen LogP contribution < -0.4 is 5.73 Å². The number of pyridine rings is 1. The lowest BCUT2D eigenvalue weighted by Gasteiger charge is -2.09. The molecule has 1 aromatic heterocycles. The lowest BCUT2D eigenvalue weighted by molar-refractivity contribution is 1.37. The van der Waals surface area contributed by atoms with E-state index in [0.717, 1.165) is 37.8 Å². The third kappa shape index (κ3) is 2.60. The van der Waals surface area contributed by atoms with Crippen LogP contribution >= 0.6 is 23.4 Å². The molecular weight excluding hydrogens is 288 g/mol. The Labute approximate surface area is 127 Å². The van der Waals surface area contributed by atoms with E-state index in [1.807, 2.05) is 48.5 Å². The molecule has 0 saturated heterocycles. The fourth-order valence-corrected chi connectivity index (χ4v) is 3.33. The van der Waals surface area contributed by atoms with Gasteiger partial charge in [0.1, 0.15) is 0 Å². The minimum Gasteiger partial charge on any atom is -0.397 e. The molecule has 0 unspecified atom stereocenters. The number of nitrogens with zero attached hydrogens (tertiary/aromatic N) is 1. The zero-order valence-corrected chi connectivity index (χ0v) is 12.3. The highest BCUT2D eigenvalue weighted by atomic mass is 35.5. The smallest absolute Gasteiger partial charge is 0.0723 e. The maximum absolute atomic E-state index is 6.23. The van der Waals surface area contributed by atoms with Gasteiger partial charge in [0.05, 0.1) is 11.2 Å². The van der Waals surface area contributed by atoms with Gasteiger partial charge in [-0.3, -0.25) is 4.98 Å². The fourth-order valence-electron chi connectivity index (χ4n) is 2.05. The minimum atomic E-state index is 0.785. The third-order valence-corrected chi connectivity index (χ3v) is 4.62. The predicted molar refractivity (Wildman–Crippen MR) is 87.2 cm³/mol. The Bertz CT molecular complexity index is 758. The molecule has 3 rings (SSSR count). The number of fused-ring (bicyclic) bond motifs is 1. The van der Waals surface area contributed by atoms with E-state index in [0.29, 0.717) is 0 Å². The van der Waals surface area contributed by atoms with E-state index in [4.69, 9.17) is 17.3 Å². The molecule has 0 aliphatic heterocycles. The second kappa shape index (κ2) is 5.73. The molecule has 0 aliphatic rings. The van der Waals surface area contributed by atoms with Crippen molar-refractivity contribution in [2.24, 2.45) is 0 Å². The first-order chi connectivity index (χ1) is 9.75. The van der Waals surface area contributed by atoms with E-state index in [1.54, 1.807) is 18.0 Å². The Kier molecular flexibility index (Phi) is 3.81.